The largest absolute Gasteiger partial charge is 0.385 e. The average Bonchev–Trinajstić information content (AvgIpc) is 3.22. The number of ether oxygens (including phenoxy) is 1. The molecule has 0 atom stereocenters. The Morgan fingerprint density at radius 3 is 2.95 bits per heavy atom. The second kappa shape index (κ2) is 5.84. The summed E-state index contributed by atoms with van der Waals surface area (Å²) < 4.78 is 5.07. The van der Waals surface area contributed by atoms with E-state index in [-0.39, 0.29) is 22.5 Å². The van der Waals surface area contributed by atoms with E-state index in [4.69, 9.17) is 10.00 Å². The number of rotatable bonds is 7. The highest BCUT2D eigenvalue weighted by molar-refractivity contribution is 5.64. The Hall–Kier alpha value is -2.20. The molecule has 0 aromatic carbocycles. The lowest BCUT2D eigenvalue weighted by atomic mass is 10.0. The van der Waals surface area contributed by atoms with Gasteiger partial charge in [-0.1, -0.05) is 0 Å². The third kappa shape index (κ3) is 3.03. The zero-order valence-electron chi connectivity index (χ0n) is 11.3. The van der Waals surface area contributed by atoms with Crippen molar-refractivity contribution in [1.29, 1.82) is 5.26 Å². The molecule has 0 spiro atoms. The smallest absolute Gasteiger partial charge is 0.328 e. The number of pyridine rings is 1. The number of methoxy groups -OCH3 is 1. The molecule has 0 radical (unpaired) electrons. The predicted molar refractivity (Wildman–Crippen MR) is 72.3 cm³/mol. The van der Waals surface area contributed by atoms with Crippen LogP contribution in [0.25, 0.3) is 0 Å². The number of nitrogens with one attached hydrogen (secondary N) is 1. The first-order chi connectivity index (χ1) is 9.62. The van der Waals surface area contributed by atoms with Gasteiger partial charge in [0, 0.05) is 26.5 Å². The Morgan fingerprint density at radius 2 is 2.40 bits per heavy atom. The number of nitrogens with zero attached hydrogens (tertiary/aromatic N) is 3. The van der Waals surface area contributed by atoms with Gasteiger partial charge in [0.25, 0.3) is 0 Å². The number of hydrogen-bond donors (Lipinski definition) is 1. The molecule has 0 saturated heterocycles. The van der Waals surface area contributed by atoms with Crippen LogP contribution < -0.4 is 5.32 Å². The van der Waals surface area contributed by atoms with Crippen LogP contribution in [0.2, 0.25) is 0 Å². The van der Waals surface area contributed by atoms with Gasteiger partial charge in [0.2, 0.25) is 5.82 Å². The van der Waals surface area contributed by atoms with Crippen molar-refractivity contribution in [3.63, 3.8) is 0 Å². The van der Waals surface area contributed by atoms with Gasteiger partial charge in [-0.3, -0.25) is 10.1 Å². The molecule has 1 aromatic heterocycles. The lowest BCUT2D eigenvalue weighted by Gasteiger charge is -2.15. The summed E-state index contributed by atoms with van der Waals surface area (Å²) in [7, 11) is 1.66. The first kappa shape index (κ1) is 14.2. The highest BCUT2D eigenvalue weighted by atomic mass is 16.6. The van der Waals surface area contributed by atoms with Gasteiger partial charge >= 0.3 is 5.69 Å². The molecular formula is C13H16N4O3. The maximum absolute atomic E-state index is 11.1. The Bertz CT molecular complexity index is 549. The van der Waals surface area contributed by atoms with E-state index in [0.29, 0.717) is 13.2 Å². The molecule has 106 valence electrons. The topological polar surface area (TPSA) is 101 Å². The van der Waals surface area contributed by atoms with Gasteiger partial charge in [-0.15, -0.1) is 0 Å². The second-order valence-corrected chi connectivity index (χ2v) is 5.02. The average molecular weight is 276 g/mol. The molecule has 0 amide bonds. The highest BCUT2D eigenvalue weighted by Gasteiger charge is 2.42. The summed E-state index contributed by atoms with van der Waals surface area (Å²) in [5, 5.41) is 23.0. The second-order valence-electron chi connectivity index (χ2n) is 5.02. The maximum Gasteiger partial charge on any atom is 0.328 e. The molecular weight excluding hydrogens is 260 g/mol. The summed E-state index contributed by atoms with van der Waals surface area (Å²) in [4.78, 5) is 14.5. The van der Waals surface area contributed by atoms with E-state index < -0.39 is 4.92 Å². The Kier molecular flexibility index (Phi) is 4.15. The van der Waals surface area contributed by atoms with Gasteiger partial charge < -0.3 is 10.1 Å². The summed E-state index contributed by atoms with van der Waals surface area (Å²) in [6.45, 7) is 1.29. The van der Waals surface area contributed by atoms with Crippen molar-refractivity contribution in [2.24, 2.45) is 5.41 Å². The van der Waals surface area contributed by atoms with Crippen molar-refractivity contribution >= 4 is 11.5 Å². The SMILES string of the molecule is COCCC1(CNc2nccc(C#N)c2[N+](=O)[O-])CC1. The maximum atomic E-state index is 11.1. The van der Waals surface area contributed by atoms with Gasteiger partial charge in [0.15, 0.2) is 0 Å². The Morgan fingerprint density at radius 1 is 1.65 bits per heavy atom. The van der Waals surface area contributed by atoms with E-state index in [0.717, 1.165) is 19.3 Å². The number of hydrogen-bond acceptors (Lipinski definition) is 6. The summed E-state index contributed by atoms with van der Waals surface area (Å²) in [6, 6.07) is 3.17. The first-order valence-electron chi connectivity index (χ1n) is 6.38. The molecule has 1 saturated carbocycles. The van der Waals surface area contributed by atoms with Crippen LogP contribution in [0.3, 0.4) is 0 Å². The minimum atomic E-state index is -0.567. The summed E-state index contributed by atoms with van der Waals surface area (Å²) >= 11 is 0. The number of aromatic nitrogens is 1. The normalized spacial score (nSPS) is 15.4. The molecule has 0 bridgehead atoms. The van der Waals surface area contributed by atoms with Crippen molar-refractivity contribution in [1.82, 2.24) is 4.98 Å². The van der Waals surface area contributed by atoms with Crippen molar-refractivity contribution in [3.05, 3.63) is 27.9 Å². The van der Waals surface area contributed by atoms with Crippen molar-refractivity contribution in [2.45, 2.75) is 19.3 Å². The fraction of sp³-hybridized carbons (Fsp3) is 0.538. The van der Waals surface area contributed by atoms with Gasteiger partial charge in [-0.05, 0) is 30.7 Å². The van der Waals surface area contributed by atoms with Crippen LogP contribution in [0.15, 0.2) is 12.3 Å². The predicted octanol–water partition coefficient (Wildman–Crippen LogP) is 2.09. The van der Waals surface area contributed by atoms with E-state index in [1.165, 1.54) is 12.3 Å². The van der Waals surface area contributed by atoms with Gasteiger partial charge in [0.05, 0.1) is 4.92 Å². The van der Waals surface area contributed by atoms with Crippen molar-refractivity contribution in [3.8, 4) is 6.07 Å². The number of nitriles is 1. The minimum Gasteiger partial charge on any atom is -0.385 e. The number of anilines is 1. The fourth-order valence-electron chi connectivity index (χ4n) is 2.14. The summed E-state index contributed by atoms with van der Waals surface area (Å²) in [6.07, 6.45) is 4.48. The lowest BCUT2D eigenvalue weighted by molar-refractivity contribution is -0.384. The van der Waals surface area contributed by atoms with Crippen molar-refractivity contribution < 1.29 is 9.66 Å². The molecule has 1 aliphatic rings. The van der Waals surface area contributed by atoms with Crippen LogP contribution in [0, 0.1) is 26.9 Å². The monoisotopic (exact) mass is 276 g/mol. The van der Waals surface area contributed by atoms with E-state index in [2.05, 4.69) is 10.3 Å². The van der Waals surface area contributed by atoms with Crippen LogP contribution in [-0.4, -0.2) is 30.2 Å². The fourth-order valence-corrected chi connectivity index (χ4v) is 2.14. The zero-order chi connectivity index (χ0) is 14.6. The lowest BCUT2D eigenvalue weighted by Crippen LogP contribution is -2.18. The third-order valence-corrected chi connectivity index (χ3v) is 3.65. The Balaban J connectivity index is 2.10. The highest BCUT2D eigenvalue weighted by Crippen LogP contribution is 2.48. The van der Waals surface area contributed by atoms with Crippen molar-refractivity contribution in [2.75, 3.05) is 25.6 Å². The first-order valence-corrected chi connectivity index (χ1v) is 6.38. The molecule has 1 aliphatic carbocycles. The minimum absolute atomic E-state index is 0.0224. The molecule has 2 rings (SSSR count). The van der Waals surface area contributed by atoms with E-state index in [9.17, 15) is 10.1 Å². The summed E-state index contributed by atoms with van der Waals surface area (Å²) in [5.74, 6) is 0.165. The molecule has 1 fully saturated rings. The molecule has 7 heteroatoms. The third-order valence-electron chi connectivity index (χ3n) is 3.65. The molecule has 20 heavy (non-hydrogen) atoms. The Labute approximate surface area is 116 Å². The van der Waals surface area contributed by atoms with Crippen LogP contribution >= 0.6 is 0 Å². The van der Waals surface area contributed by atoms with E-state index in [1.54, 1.807) is 7.11 Å². The van der Waals surface area contributed by atoms with E-state index >= 15 is 0 Å². The molecule has 0 unspecified atom stereocenters. The van der Waals surface area contributed by atoms with Crippen LogP contribution in [0.4, 0.5) is 11.5 Å². The summed E-state index contributed by atoms with van der Waals surface area (Å²) in [5.41, 5.74) is -0.0828. The molecule has 1 N–H and O–H groups in total. The van der Waals surface area contributed by atoms with E-state index in [1.807, 2.05) is 6.07 Å². The van der Waals surface area contributed by atoms with Crippen LogP contribution in [0.1, 0.15) is 24.8 Å². The van der Waals surface area contributed by atoms with Crippen LogP contribution in [-0.2, 0) is 4.74 Å². The molecule has 0 aliphatic heterocycles. The van der Waals surface area contributed by atoms with Gasteiger partial charge in [-0.25, -0.2) is 4.98 Å². The zero-order valence-corrected chi connectivity index (χ0v) is 11.3. The molecule has 7 nitrogen and oxygen atoms in total. The van der Waals surface area contributed by atoms with Gasteiger partial charge in [0.1, 0.15) is 11.6 Å². The quantitative estimate of drug-likeness (QED) is 0.604. The standard InChI is InChI=1S/C13H16N4O3/c1-20-7-5-13(3-4-13)9-16-12-11(17(18)19)10(8-14)2-6-15-12/h2,6H,3-5,7,9H2,1H3,(H,15,16). The van der Waals surface area contributed by atoms with Crippen LogP contribution in [0.5, 0.6) is 0 Å². The van der Waals surface area contributed by atoms with Gasteiger partial charge in [-0.2, -0.15) is 5.26 Å². The molecule has 1 heterocycles. The molecule has 1 aromatic rings. The number of nitro groups is 1.